The van der Waals surface area contributed by atoms with E-state index < -0.39 is 5.97 Å². The summed E-state index contributed by atoms with van der Waals surface area (Å²) in [5.41, 5.74) is 1.82. The summed E-state index contributed by atoms with van der Waals surface area (Å²) in [5.74, 6) is 0.136. The number of ether oxygens (including phenoxy) is 3. The third kappa shape index (κ3) is 5.69. The van der Waals surface area contributed by atoms with Crippen LogP contribution in [0.15, 0.2) is 78.9 Å². The van der Waals surface area contributed by atoms with Gasteiger partial charge in [0.1, 0.15) is 6.61 Å². The molecule has 0 atom stereocenters. The second kappa shape index (κ2) is 10.1. The quantitative estimate of drug-likeness (QED) is 0.391. The van der Waals surface area contributed by atoms with Gasteiger partial charge >= 0.3 is 5.97 Å². The van der Waals surface area contributed by atoms with E-state index in [9.17, 15) is 9.59 Å². The molecule has 0 N–H and O–H groups in total. The first-order valence-electron chi connectivity index (χ1n) is 9.36. The highest BCUT2D eigenvalue weighted by atomic mass is 16.5. The van der Waals surface area contributed by atoms with Gasteiger partial charge in [0, 0.05) is 5.56 Å². The maximum atomic E-state index is 12.4. The minimum atomic E-state index is -0.593. The molecule has 0 unspecified atom stereocenters. The third-order valence-corrected chi connectivity index (χ3v) is 4.15. The number of hydrogen-bond donors (Lipinski definition) is 0. The van der Waals surface area contributed by atoms with Gasteiger partial charge in [0.2, 0.25) is 0 Å². The third-order valence-electron chi connectivity index (χ3n) is 4.15. The Kier molecular flexibility index (Phi) is 7.00. The number of rotatable bonds is 9. The predicted octanol–water partition coefficient (Wildman–Crippen LogP) is 4.70. The standard InChI is InChI=1S/C24H22O5/c1-2-27-23-15-20(13-14-22(23)28-16-18-9-5-3-6-10-18)24(26)29-17-21(25)19-11-7-4-8-12-19/h3-15H,2,16-17H2,1H3. The lowest BCUT2D eigenvalue weighted by Crippen LogP contribution is -2.14. The molecule has 0 fully saturated rings. The second-order valence-electron chi connectivity index (χ2n) is 6.23. The van der Waals surface area contributed by atoms with Crippen LogP contribution in [0.5, 0.6) is 11.5 Å². The van der Waals surface area contributed by atoms with Crippen LogP contribution >= 0.6 is 0 Å². The molecule has 148 valence electrons. The van der Waals surface area contributed by atoms with E-state index >= 15 is 0 Å². The Bertz CT molecular complexity index is 952. The molecule has 0 aliphatic carbocycles. The van der Waals surface area contributed by atoms with Crippen molar-refractivity contribution in [1.82, 2.24) is 0 Å². The zero-order valence-corrected chi connectivity index (χ0v) is 16.2. The lowest BCUT2D eigenvalue weighted by atomic mass is 10.1. The molecule has 29 heavy (non-hydrogen) atoms. The summed E-state index contributed by atoms with van der Waals surface area (Å²) in [6.45, 7) is 2.34. The first kappa shape index (κ1) is 20.1. The molecule has 3 aromatic rings. The molecule has 5 nitrogen and oxygen atoms in total. The van der Waals surface area contributed by atoms with Crippen LogP contribution in [0, 0.1) is 0 Å². The first-order chi connectivity index (χ1) is 14.2. The summed E-state index contributed by atoms with van der Waals surface area (Å²) in [7, 11) is 0. The van der Waals surface area contributed by atoms with Crippen LogP contribution in [0.3, 0.4) is 0 Å². The van der Waals surface area contributed by atoms with Crippen LogP contribution in [-0.4, -0.2) is 25.0 Å². The van der Waals surface area contributed by atoms with E-state index in [1.165, 1.54) is 0 Å². The Labute approximate surface area is 169 Å². The highest BCUT2D eigenvalue weighted by Gasteiger charge is 2.15. The lowest BCUT2D eigenvalue weighted by Gasteiger charge is -2.13. The minimum Gasteiger partial charge on any atom is -0.490 e. The highest BCUT2D eigenvalue weighted by molar-refractivity contribution is 5.99. The Balaban J connectivity index is 1.65. The van der Waals surface area contributed by atoms with Gasteiger partial charge in [0.25, 0.3) is 0 Å². The molecule has 5 heteroatoms. The van der Waals surface area contributed by atoms with Gasteiger partial charge in [-0.1, -0.05) is 60.7 Å². The topological polar surface area (TPSA) is 61.8 Å². The van der Waals surface area contributed by atoms with E-state index in [-0.39, 0.29) is 12.4 Å². The van der Waals surface area contributed by atoms with Crippen molar-refractivity contribution in [2.24, 2.45) is 0 Å². The van der Waals surface area contributed by atoms with Crippen LogP contribution in [0.4, 0.5) is 0 Å². The number of benzene rings is 3. The normalized spacial score (nSPS) is 10.2. The van der Waals surface area contributed by atoms with E-state index in [0.29, 0.717) is 35.8 Å². The van der Waals surface area contributed by atoms with Gasteiger partial charge in [-0.3, -0.25) is 4.79 Å². The summed E-state index contributed by atoms with van der Waals surface area (Å²) >= 11 is 0. The first-order valence-corrected chi connectivity index (χ1v) is 9.36. The van der Waals surface area contributed by atoms with Crippen molar-refractivity contribution in [1.29, 1.82) is 0 Å². The average Bonchev–Trinajstić information content (AvgIpc) is 2.78. The van der Waals surface area contributed by atoms with Crippen LogP contribution in [-0.2, 0) is 11.3 Å². The molecule has 3 rings (SSSR count). The molecule has 0 heterocycles. The summed E-state index contributed by atoms with van der Waals surface area (Å²) < 4.78 is 16.6. The molecule has 0 saturated heterocycles. The summed E-state index contributed by atoms with van der Waals surface area (Å²) in [5, 5.41) is 0. The monoisotopic (exact) mass is 390 g/mol. The predicted molar refractivity (Wildman–Crippen MR) is 109 cm³/mol. The molecule has 0 saturated carbocycles. The van der Waals surface area contributed by atoms with E-state index in [2.05, 4.69) is 0 Å². The molecule has 0 bridgehead atoms. The molecule has 0 amide bonds. The van der Waals surface area contributed by atoms with Crippen molar-refractivity contribution in [3.63, 3.8) is 0 Å². The molecule has 0 aromatic heterocycles. The van der Waals surface area contributed by atoms with Crippen molar-refractivity contribution in [2.75, 3.05) is 13.2 Å². The Morgan fingerprint density at radius 2 is 1.45 bits per heavy atom. The van der Waals surface area contributed by atoms with Crippen LogP contribution < -0.4 is 9.47 Å². The van der Waals surface area contributed by atoms with Gasteiger partial charge in [-0.25, -0.2) is 4.79 Å². The molecule has 0 spiro atoms. The van der Waals surface area contributed by atoms with Gasteiger partial charge in [-0.05, 0) is 30.7 Å². The van der Waals surface area contributed by atoms with Crippen molar-refractivity contribution in [3.8, 4) is 11.5 Å². The van der Waals surface area contributed by atoms with Crippen LogP contribution in [0.25, 0.3) is 0 Å². The van der Waals surface area contributed by atoms with Gasteiger partial charge in [0.05, 0.1) is 12.2 Å². The van der Waals surface area contributed by atoms with Crippen molar-refractivity contribution in [2.45, 2.75) is 13.5 Å². The summed E-state index contributed by atoms with van der Waals surface area (Å²) in [6, 6.07) is 23.3. The van der Waals surface area contributed by atoms with Crippen molar-refractivity contribution < 1.29 is 23.8 Å². The fourth-order valence-electron chi connectivity index (χ4n) is 2.68. The Hall–Kier alpha value is -3.60. The molecule has 0 radical (unpaired) electrons. The summed E-state index contributed by atoms with van der Waals surface area (Å²) in [4.78, 5) is 24.5. The number of ketones is 1. The Morgan fingerprint density at radius 1 is 0.759 bits per heavy atom. The average molecular weight is 390 g/mol. The fraction of sp³-hybridized carbons (Fsp3) is 0.167. The number of esters is 1. The van der Waals surface area contributed by atoms with Crippen LogP contribution in [0.2, 0.25) is 0 Å². The van der Waals surface area contributed by atoms with Crippen LogP contribution in [0.1, 0.15) is 33.2 Å². The number of Topliss-reactive ketones (excluding diaryl/α,β-unsaturated/α-hetero) is 1. The van der Waals surface area contributed by atoms with Crippen molar-refractivity contribution in [3.05, 3.63) is 95.6 Å². The maximum absolute atomic E-state index is 12.4. The van der Waals surface area contributed by atoms with E-state index in [1.807, 2.05) is 43.3 Å². The number of carbonyl (C=O) groups is 2. The lowest BCUT2D eigenvalue weighted by molar-refractivity contribution is 0.0474. The van der Waals surface area contributed by atoms with Gasteiger partial charge < -0.3 is 14.2 Å². The highest BCUT2D eigenvalue weighted by Crippen LogP contribution is 2.29. The fourth-order valence-corrected chi connectivity index (χ4v) is 2.68. The molecular formula is C24H22O5. The molecule has 3 aromatic carbocycles. The van der Waals surface area contributed by atoms with Crippen molar-refractivity contribution >= 4 is 11.8 Å². The maximum Gasteiger partial charge on any atom is 0.338 e. The number of hydrogen-bond acceptors (Lipinski definition) is 5. The van der Waals surface area contributed by atoms with Gasteiger partial charge in [-0.2, -0.15) is 0 Å². The smallest absolute Gasteiger partial charge is 0.338 e. The second-order valence-corrected chi connectivity index (χ2v) is 6.23. The zero-order chi connectivity index (χ0) is 20.5. The SMILES string of the molecule is CCOc1cc(C(=O)OCC(=O)c2ccccc2)ccc1OCc1ccccc1. The Morgan fingerprint density at radius 3 is 2.14 bits per heavy atom. The van der Waals surface area contributed by atoms with E-state index in [4.69, 9.17) is 14.2 Å². The molecule has 0 aliphatic heterocycles. The molecule has 0 aliphatic rings. The van der Waals surface area contributed by atoms with Gasteiger partial charge in [0.15, 0.2) is 23.9 Å². The minimum absolute atomic E-state index is 0.258. The van der Waals surface area contributed by atoms with E-state index in [0.717, 1.165) is 5.56 Å². The zero-order valence-electron chi connectivity index (χ0n) is 16.2. The largest absolute Gasteiger partial charge is 0.490 e. The molecular weight excluding hydrogens is 368 g/mol. The van der Waals surface area contributed by atoms with E-state index in [1.54, 1.807) is 42.5 Å². The summed E-state index contributed by atoms with van der Waals surface area (Å²) in [6.07, 6.45) is 0. The number of carbonyl (C=O) groups excluding carboxylic acids is 2. The van der Waals surface area contributed by atoms with Gasteiger partial charge in [-0.15, -0.1) is 0 Å².